The number of halogens is 5. The smallest absolute Gasteiger partial charge is 0.509 e. The maximum Gasteiger partial charge on any atom is 0.707 e. The van der Waals surface area contributed by atoms with E-state index < -0.39 is 18.9 Å². The fourth-order valence-corrected chi connectivity index (χ4v) is 2.22. The topological polar surface area (TPSA) is 49.7 Å². The zero-order valence-electron chi connectivity index (χ0n) is 6.77. The lowest BCUT2D eigenvalue weighted by Gasteiger charge is -2.12. The standard InChI is InChI=1S/C6H2BBr2Cl2FO3/c8-1-2(9)6(15-7(13)14)5(12)4(11)3(1)10/h13-14H. The average molecular weight is 383 g/mol. The first-order valence-corrected chi connectivity index (χ1v) is 5.74. The molecule has 0 bridgehead atoms. The van der Waals surface area contributed by atoms with Gasteiger partial charge in [-0.05, 0) is 31.9 Å². The molecular weight excluding hydrogens is 381 g/mol. The van der Waals surface area contributed by atoms with Crippen molar-refractivity contribution in [2.75, 3.05) is 0 Å². The van der Waals surface area contributed by atoms with Crippen molar-refractivity contribution in [3.8, 4) is 5.75 Å². The van der Waals surface area contributed by atoms with Crippen molar-refractivity contribution in [3.63, 3.8) is 0 Å². The quantitative estimate of drug-likeness (QED) is 0.470. The Morgan fingerprint density at radius 1 is 1.13 bits per heavy atom. The summed E-state index contributed by atoms with van der Waals surface area (Å²) >= 11 is 17.2. The molecule has 0 atom stereocenters. The van der Waals surface area contributed by atoms with Crippen LogP contribution < -0.4 is 4.65 Å². The summed E-state index contributed by atoms with van der Waals surface area (Å²) in [6.07, 6.45) is 0. The molecule has 0 saturated carbocycles. The summed E-state index contributed by atoms with van der Waals surface area (Å²) in [5, 5.41) is 16.7. The summed E-state index contributed by atoms with van der Waals surface area (Å²) in [7, 11) is -2.15. The van der Waals surface area contributed by atoms with E-state index in [1.807, 2.05) is 0 Å². The van der Waals surface area contributed by atoms with Crippen molar-refractivity contribution in [1.29, 1.82) is 0 Å². The second kappa shape index (κ2) is 5.20. The lowest BCUT2D eigenvalue weighted by Crippen LogP contribution is -2.21. The van der Waals surface area contributed by atoms with Crippen LogP contribution in [-0.4, -0.2) is 17.4 Å². The van der Waals surface area contributed by atoms with Crippen LogP contribution in [0.2, 0.25) is 10.0 Å². The Morgan fingerprint density at radius 2 is 1.67 bits per heavy atom. The van der Waals surface area contributed by atoms with Gasteiger partial charge in [-0.1, -0.05) is 23.2 Å². The van der Waals surface area contributed by atoms with Gasteiger partial charge in [0.1, 0.15) is 0 Å². The molecule has 2 N–H and O–H groups in total. The van der Waals surface area contributed by atoms with Gasteiger partial charge in [0.15, 0.2) is 11.6 Å². The first-order chi connectivity index (χ1) is 6.86. The van der Waals surface area contributed by atoms with E-state index in [2.05, 4.69) is 36.5 Å². The fraction of sp³-hybridized carbons (Fsp3) is 0. The van der Waals surface area contributed by atoms with Crippen LogP contribution in [0.25, 0.3) is 0 Å². The third-order valence-corrected chi connectivity index (χ3v) is 4.53. The molecule has 0 heterocycles. The maximum atomic E-state index is 13.4. The number of hydrogen-bond donors (Lipinski definition) is 2. The van der Waals surface area contributed by atoms with Gasteiger partial charge in [0.05, 0.1) is 19.0 Å². The van der Waals surface area contributed by atoms with Crippen LogP contribution in [0.3, 0.4) is 0 Å². The predicted molar refractivity (Wildman–Crippen MR) is 62.6 cm³/mol. The maximum absolute atomic E-state index is 13.4. The highest BCUT2D eigenvalue weighted by molar-refractivity contribution is 9.13. The Bertz CT molecular complexity index is 375. The second-order valence-corrected chi connectivity index (χ2v) is 4.69. The molecule has 1 aromatic carbocycles. The van der Waals surface area contributed by atoms with Gasteiger partial charge in [0, 0.05) is 0 Å². The number of benzene rings is 1. The highest BCUT2D eigenvalue weighted by atomic mass is 79.9. The van der Waals surface area contributed by atoms with E-state index in [4.69, 9.17) is 33.2 Å². The van der Waals surface area contributed by atoms with Crippen LogP contribution >= 0.6 is 55.1 Å². The Labute approximate surface area is 112 Å². The van der Waals surface area contributed by atoms with Gasteiger partial charge in [-0.25, -0.2) is 4.39 Å². The van der Waals surface area contributed by atoms with E-state index in [0.717, 1.165) is 0 Å². The number of hydrogen-bond acceptors (Lipinski definition) is 3. The fourth-order valence-electron chi connectivity index (χ4n) is 0.794. The van der Waals surface area contributed by atoms with Crippen molar-refractivity contribution >= 4 is 62.4 Å². The minimum Gasteiger partial charge on any atom is -0.509 e. The van der Waals surface area contributed by atoms with Gasteiger partial charge >= 0.3 is 7.32 Å². The second-order valence-electron chi connectivity index (χ2n) is 2.34. The van der Waals surface area contributed by atoms with Crippen LogP contribution in [0, 0.1) is 5.82 Å². The van der Waals surface area contributed by atoms with Crippen molar-refractivity contribution in [2.24, 2.45) is 0 Å². The Hall–Kier alpha value is 0.475. The molecule has 0 spiro atoms. The predicted octanol–water partition coefficient (Wildman–Crippen LogP) is 3.01. The zero-order valence-corrected chi connectivity index (χ0v) is 11.5. The molecule has 0 aliphatic rings. The minimum atomic E-state index is -2.15. The van der Waals surface area contributed by atoms with Crippen molar-refractivity contribution in [1.82, 2.24) is 0 Å². The van der Waals surface area contributed by atoms with Gasteiger partial charge in [0.25, 0.3) is 0 Å². The van der Waals surface area contributed by atoms with E-state index in [-0.39, 0.29) is 19.0 Å². The van der Waals surface area contributed by atoms with Crippen LogP contribution in [-0.2, 0) is 0 Å². The molecule has 82 valence electrons. The highest BCUT2D eigenvalue weighted by Gasteiger charge is 2.24. The molecule has 0 saturated heterocycles. The summed E-state index contributed by atoms with van der Waals surface area (Å²) < 4.78 is 18.2. The molecule has 3 nitrogen and oxygen atoms in total. The number of rotatable bonds is 2. The molecule has 0 aliphatic carbocycles. The molecule has 0 radical (unpaired) electrons. The molecule has 15 heavy (non-hydrogen) atoms. The summed E-state index contributed by atoms with van der Waals surface area (Å²) in [4.78, 5) is 0. The highest BCUT2D eigenvalue weighted by Crippen LogP contribution is 2.44. The van der Waals surface area contributed by atoms with Crippen molar-refractivity contribution in [2.45, 2.75) is 0 Å². The van der Waals surface area contributed by atoms with E-state index in [9.17, 15) is 4.39 Å². The van der Waals surface area contributed by atoms with Gasteiger partial charge in [0.2, 0.25) is 0 Å². The van der Waals surface area contributed by atoms with Crippen molar-refractivity contribution in [3.05, 3.63) is 24.8 Å². The minimum absolute atomic E-state index is 0.0409. The normalized spacial score (nSPS) is 10.3. The third-order valence-electron chi connectivity index (χ3n) is 1.39. The third kappa shape index (κ3) is 2.78. The monoisotopic (exact) mass is 380 g/mol. The van der Waals surface area contributed by atoms with Crippen LogP contribution in [0.15, 0.2) is 8.95 Å². The summed E-state index contributed by atoms with van der Waals surface area (Å²) in [5.74, 6) is -1.42. The van der Waals surface area contributed by atoms with Crippen molar-refractivity contribution < 1.29 is 19.1 Å². The summed E-state index contributed by atoms with van der Waals surface area (Å²) in [5.41, 5.74) is 0. The van der Waals surface area contributed by atoms with E-state index in [1.54, 1.807) is 0 Å². The molecule has 0 fully saturated rings. The van der Waals surface area contributed by atoms with Gasteiger partial charge in [-0.3, -0.25) is 0 Å². The Morgan fingerprint density at radius 3 is 2.13 bits per heavy atom. The first kappa shape index (κ1) is 13.5. The average Bonchev–Trinajstić information content (AvgIpc) is 2.18. The lowest BCUT2D eigenvalue weighted by atomic mass is 10.2. The van der Waals surface area contributed by atoms with Gasteiger partial charge in [-0.2, -0.15) is 0 Å². The molecule has 0 aromatic heterocycles. The molecule has 0 aliphatic heterocycles. The van der Waals surface area contributed by atoms with Crippen LogP contribution in [0.5, 0.6) is 5.75 Å². The summed E-state index contributed by atoms with van der Waals surface area (Å²) in [6, 6.07) is 0. The molecular formula is C6H2BBr2Cl2FO3. The van der Waals surface area contributed by atoms with Gasteiger partial charge < -0.3 is 14.7 Å². The van der Waals surface area contributed by atoms with Crippen LogP contribution in [0.4, 0.5) is 4.39 Å². The largest absolute Gasteiger partial charge is 0.707 e. The van der Waals surface area contributed by atoms with E-state index in [1.165, 1.54) is 0 Å². The molecule has 1 aromatic rings. The Balaban J connectivity index is 3.39. The molecule has 0 amide bonds. The zero-order chi connectivity index (χ0) is 11.7. The Kier molecular flexibility index (Phi) is 4.70. The summed E-state index contributed by atoms with van der Waals surface area (Å²) in [6.45, 7) is 0. The van der Waals surface area contributed by atoms with E-state index in [0.29, 0.717) is 0 Å². The molecule has 0 unspecified atom stereocenters. The van der Waals surface area contributed by atoms with Gasteiger partial charge in [-0.15, -0.1) is 0 Å². The van der Waals surface area contributed by atoms with Crippen LogP contribution in [0.1, 0.15) is 0 Å². The SMILES string of the molecule is OB(O)Oc1c(F)c(Cl)c(Cl)c(Br)c1Br. The molecule has 1 rings (SSSR count). The molecule has 9 heteroatoms. The lowest BCUT2D eigenvalue weighted by molar-refractivity contribution is 0.281. The van der Waals surface area contributed by atoms with E-state index >= 15 is 0 Å². The first-order valence-electron chi connectivity index (χ1n) is 3.40.